The second-order valence-electron chi connectivity index (χ2n) is 4.96. The van der Waals surface area contributed by atoms with Crippen LogP contribution in [-0.2, 0) is 23.0 Å². The number of carbonyl (C=O) groups is 2. The summed E-state index contributed by atoms with van der Waals surface area (Å²) in [6.07, 6.45) is 0.627. The second-order valence-corrected chi connectivity index (χ2v) is 4.96. The van der Waals surface area contributed by atoms with Crippen LogP contribution < -0.4 is 11.1 Å². The molecule has 0 saturated heterocycles. The van der Waals surface area contributed by atoms with Crippen molar-refractivity contribution in [3.63, 3.8) is 0 Å². The van der Waals surface area contributed by atoms with E-state index in [-0.39, 0.29) is 18.2 Å². The molecule has 0 aliphatic carbocycles. The van der Waals surface area contributed by atoms with E-state index in [1.807, 2.05) is 20.8 Å². The topological polar surface area (TPSA) is 99.2 Å². The van der Waals surface area contributed by atoms with Crippen molar-refractivity contribution in [2.45, 2.75) is 27.2 Å². The van der Waals surface area contributed by atoms with E-state index in [9.17, 15) is 9.59 Å². The number of carbonyl (C=O) groups excluding carboxylic acids is 2. The number of nitrogen functional groups attached to an aromatic ring is 1. The van der Waals surface area contributed by atoms with Gasteiger partial charge in [-0.3, -0.25) is 9.48 Å². The third-order valence-electron chi connectivity index (χ3n) is 2.73. The summed E-state index contributed by atoms with van der Waals surface area (Å²) >= 11 is 0. The number of anilines is 1. The number of rotatable bonds is 6. The number of aromatic nitrogens is 2. The SMILES string of the molecule is CCc1nn(C)c(C(=O)OCC(=O)NCC(C)C)c1N. The van der Waals surface area contributed by atoms with Gasteiger partial charge in [-0.2, -0.15) is 5.10 Å². The van der Waals surface area contributed by atoms with Gasteiger partial charge >= 0.3 is 5.97 Å². The number of nitrogens with two attached hydrogens (primary N) is 1. The molecule has 20 heavy (non-hydrogen) atoms. The Bertz CT molecular complexity index is 494. The molecule has 0 saturated carbocycles. The first-order valence-corrected chi connectivity index (χ1v) is 6.61. The molecule has 1 aromatic rings. The first kappa shape index (κ1) is 16.0. The van der Waals surface area contributed by atoms with Gasteiger partial charge in [0.25, 0.3) is 5.91 Å². The number of nitrogens with zero attached hydrogens (tertiary/aromatic N) is 2. The average molecular weight is 282 g/mol. The van der Waals surface area contributed by atoms with Crippen molar-refractivity contribution in [3.8, 4) is 0 Å². The molecule has 112 valence electrons. The Hall–Kier alpha value is -2.05. The molecule has 0 aliphatic heterocycles. The lowest BCUT2D eigenvalue weighted by atomic mass is 10.2. The molecular formula is C13H22N4O3. The summed E-state index contributed by atoms with van der Waals surface area (Å²) in [5.74, 6) is -0.630. The molecule has 3 N–H and O–H groups in total. The van der Waals surface area contributed by atoms with Gasteiger partial charge in [-0.1, -0.05) is 20.8 Å². The summed E-state index contributed by atoms with van der Waals surface area (Å²) in [6, 6.07) is 0. The molecular weight excluding hydrogens is 260 g/mol. The molecule has 7 nitrogen and oxygen atoms in total. The van der Waals surface area contributed by atoms with Crippen LogP contribution in [0.25, 0.3) is 0 Å². The minimum Gasteiger partial charge on any atom is -0.451 e. The Kier molecular flexibility index (Phi) is 5.54. The van der Waals surface area contributed by atoms with Crippen molar-refractivity contribution >= 4 is 17.6 Å². The fourth-order valence-electron chi connectivity index (χ4n) is 1.67. The van der Waals surface area contributed by atoms with E-state index in [0.717, 1.165) is 0 Å². The number of ether oxygens (including phenoxy) is 1. The van der Waals surface area contributed by atoms with Gasteiger partial charge < -0.3 is 15.8 Å². The summed E-state index contributed by atoms with van der Waals surface area (Å²) in [5.41, 5.74) is 6.97. The van der Waals surface area contributed by atoms with Gasteiger partial charge in [-0.15, -0.1) is 0 Å². The second kappa shape index (κ2) is 6.93. The number of esters is 1. The molecule has 0 spiro atoms. The lowest BCUT2D eigenvalue weighted by Gasteiger charge is -2.08. The zero-order chi connectivity index (χ0) is 15.3. The van der Waals surface area contributed by atoms with Crippen LogP contribution in [-0.4, -0.2) is 34.8 Å². The van der Waals surface area contributed by atoms with Crippen molar-refractivity contribution in [1.82, 2.24) is 15.1 Å². The van der Waals surface area contributed by atoms with Crippen molar-refractivity contribution < 1.29 is 14.3 Å². The molecule has 1 rings (SSSR count). The third kappa shape index (κ3) is 3.97. The van der Waals surface area contributed by atoms with Crippen LogP contribution >= 0.6 is 0 Å². The lowest BCUT2D eigenvalue weighted by molar-refractivity contribution is -0.124. The molecule has 7 heteroatoms. The molecule has 1 aromatic heterocycles. The van der Waals surface area contributed by atoms with Gasteiger partial charge in [0.15, 0.2) is 12.3 Å². The van der Waals surface area contributed by atoms with E-state index >= 15 is 0 Å². The summed E-state index contributed by atoms with van der Waals surface area (Å²) in [7, 11) is 1.62. The Labute approximate surface area is 118 Å². The minimum absolute atomic E-state index is 0.179. The predicted molar refractivity (Wildman–Crippen MR) is 75.1 cm³/mol. The van der Waals surface area contributed by atoms with Gasteiger partial charge in [0, 0.05) is 13.6 Å². The predicted octanol–water partition coefficient (Wildman–Crippen LogP) is 0.494. The van der Waals surface area contributed by atoms with E-state index < -0.39 is 5.97 Å². The molecule has 0 unspecified atom stereocenters. The molecule has 0 bridgehead atoms. The van der Waals surface area contributed by atoms with Gasteiger partial charge in [0.1, 0.15) is 0 Å². The lowest BCUT2D eigenvalue weighted by Crippen LogP contribution is -2.31. The molecule has 0 atom stereocenters. The van der Waals surface area contributed by atoms with Crippen LogP contribution in [0.3, 0.4) is 0 Å². The molecule has 0 radical (unpaired) electrons. The normalized spacial score (nSPS) is 10.7. The van der Waals surface area contributed by atoms with Crippen molar-refractivity contribution in [2.24, 2.45) is 13.0 Å². The number of aryl methyl sites for hydroxylation is 2. The van der Waals surface area contributed by atoms with Crippen LogP contribution in [0.1, 0.15) is 37.0 Å². The largest absolute Gasteiger partial charge is 0.451 e. The van der Waals surface area contributed by atoms with E-state index in [1.165, 1.54) is 4.68 Å². The molecule has 1 amide bonds. The van der Waals surface area contributed by atoms with Gasteiger partial charge in [-0.05, 0) is 12.3 Å². The molecule has 0 aliphatic rings. The summed E-state index contributed by atoms with van der Waals surface area (Å²) in [6.45, 7) is 6.08. The highest BCUT2D eigenvalue weighted by atomic mass is 16.5. The number of amides is 1. The average Bonchev–Trinajstić information content (AvgIpc) is 2.68. The fourth-order valence-corrected chi connectivity index (χ4v) is 1.67. The van der Waals surface area contributed by atoms with Crippen molar-refractivity contribution in [2.75, 3.05) is 18.9 Å². The maximum atomic E-state index is 11.9. The standard InChI is InChI=1S/C13H22N4O3/c1-5-9-11(14)12(17(4)16-9)13(19)20-7-10(18)15-6-8(2)3/h8H,5-7,14H2,1-4H3,(H,15,18). The van der Waals surface area contributed by atoms with Gasteiger partial charge in [-0.25, -0.2) is 4.79 Å². The van der Waals surface area contributed by atoms with E-state index in [1.54, 1.807) is 7.05 Å². The van der Waals surface area contributed by atoms with Crippen LogP contribution in [0.5, 0.6) is 0 Å². The van der Waals surface area contributed by atoms with E-state index in [0.29, 0.717) is 30.3 Å². The Morgan fingerprint density at radius 1 is 1.45 bits per heavy atom. The summed E-state index contributed by atoms with van der Waals surface area (Å²) in [5, 5.41) is 6.79. The number of hydrogen-bond donors (Lipinski definition) is 2. The number of hydrogen-bond acceptors (Lipinski definition) is 5. The molecule has 0 aromatic carbocycles. The van der Waals surface area contributed by atoms with Crippen LogP contribution in [0.2, 0.25) is 0 Å². The Morgan fingerprint density at radius 2 is 2.10 bits per heavy atom. The fraction of sp³-hybridized carbons (Fsp3) is 0.615. The maximum Gasteiger partial charge on any atom is 0.359 e. The zero-order valence-corrected chi connectivity index (χ0v) is 12.4. The highest BCUT2D eigenvalue weighted by molar-refractivity contribution is 5.95. The van der Waals surface area contributed by atoms with Crippen LogP contribution in [0, 0.1) is 5.92 Å². The van der Waals surface area contributed by atoms with Crippen LogP contribution in [0.4, 0.5) is 5.69 Å². The maximum absolute atomic E-state index is 11.9. The molecule has 1 heterocycles. The first-order valence-electron chi connectivity index (χ1n) is 6.61. The zero-order valence-electron chi connectivity index (χ0n) is 12.4. The van der Waals surface area contributed by atoms with E-state index in [4.69, 9.17) is 10.5 Å². The van der Waals surface area contributed by atoms with Crippen molar-refractivity contribution in [3.05, 3.63) is 11.4 Å². The smallest absolute Gasteiger partial charge is 0.359 e. The summed E-state index contributed by atoms with van der Waals surface area (Å²) in [4.78, 5) is 23.4. The highest BCUT2D eigenvalue weighted by Crippen LogP contribution is 2.17. The first-order chi connectivity index (χ1) is 9.36. The van der Waals surface area contributed by atoms with Crippen molar-refractivity contribution in [1.29, 1.82) is 0 Å². The number of nitrogens with one attached hydrogen (secondary N) is 1. The van der Waals surface area contributed by atoms with Gasteiger partial charge in [0.05, 0.1) is 11.4 Å². The van der Waals surface area contributed by atoms with E-state index in [2.05, 4.69) is 10.4 Å². The quantitative estimate of drug-likeness (QED) is 0.740. The highest BCUT2D eigenvalue weighted by Gasteiger charge is 2.21. The summed E-state index contributed by atoms with van der Waals surface area (Å²) < 4.78 is 6.33. The monoisotopic (exact) mass is 282 g/mol. The minimum atomic E-state index is -0.642. The molecule has 0 fully saturated rings. The Balaban J connectivity index is 2.59. The Morgan fingerprint density at radius 3 is 2.60 bits per heavy atom. The third-order valence-corrected chi connectivity index (χ3v) is 2.73. The van der Waals surface area contributed by atoms with Gasteiger partial charge in [0.2, 0.25) is 0 Å². The van der Waals surface area contributed by atoms with Crippen LogP contribution in [0.15, 0.2) is 0 Å².